The third-order valence-electron chi connectivity index (χ3n) is 4.08. The van der Waals surface area contributed by atoms with Crippen molar-refractivity contribution in [3.8, 4) is 0 Å². The molecule has 0 spiro atoms. The molecule has 0 aliphatic heterocycles. The highest BCUT2D eigenvalue weighted by molar-refractivity contribution is 6.32. The molecule has 0 aliphatic carbocycles. The Bertz CT molecular complexity index is 976. The van der Waals surface area contributed by atoms with Gasteiger partial charge in [0.2, 0.25) is 0 Å². The molecule has 0 atom stereocenters. The van der Waals surface area contributed by atoms with Crippen LogP contribution in [0.25, 0.3) is 0 Å². The van der Waals surface area contributed by atoms with E-state index in [-0.39, 0.29) is 5.56 Å². The summed E-state index contributed by atoms with van der Waals surface area (Å²) >= 11 is 6.46. The molecule has 1 heterocycles. The number of nitrogens with zero attached hydrogens (tertiary/aromatic N) is 3. The van der Waals surface area contributed by atoms with Gasteiger partial charge < -0.3 is 5.11 Å². The molecule has 2 N–H and O–H groups in total. The first kappa shape index (κ1) is 18.7. The smallest absolute Gasteiger partial charge is 0.335 e. The molecule has 6 nitrogen and oxygen atoms in total. The van der Waals surface area contributed by atoms with Crippen molar-refractivity contribution in [2.45, 2.75) is 20.4 Å². The van der Waals surface area contributed by atoms with Crippen LogP contribution in [0.2, 0.25) is 5.15 Å². The third-order valence-corrected chi connectivity index (χ3v) is 4.48. The molecule has 3 rings (SSSR count). The maximum Gasteiger partial charge on any atom is 0.335 e. The molecule has 0 unspecified atom stereocenters. The van der Waals surface area contributed by atoms with Crippen LogP contribution in [0.3, 0.4) is 0 Å². The van der Waals surface area contributed by atoms with E-state index in [1.165, 1.54) is 17.7 Å². The minimum atomic E-state index is -0.964. The number of anilines is 1. The van der Waals surface area contributed by atoms with Crippen LogP contribution in [0.5, 0.6) is 0 Å². The predicted octanol–water partition coefficient (Wildman–Crippen LogP) is 4.35. The van der Waals surface area contributed by atoms with Gasteiger partial charge in [0, 0.05) is 0 Å². The van der Waals surface area contributed by atoms with E-state index in [4.69, 9.17) is 16.7 Å². The number of hydrazone groups is 1. The van der Waals surface area contributed by atoms with E-state index in [0.717, 1.165) is 16.8 Å². The molecule has 2 aromatic carbocycles. The van der Waals surface area contributed by atoms with Crippen molar-refractivity contribution in [1.82, 2.24) is 9.78 Å². The number of rotatable bonds is 6. The SMILES string of the molecule is Cc1ccc(Cn2nc(C)c(/C=N\Nc3ccc(C(=O)O)cc3)c2Cl)cc1. The Morgan fingerprint density at radius 3 is 2.48 bits per heavy atom. The van der Waals surface area contributed by atoms with Gasteiger partial charge in [-0.2, -0.15) is 10.2 Å². The fourth-order valence-corrected chi connectivity index (χ4v) is 2.83. The van der Waals surface area contributed by atoms with Gasteiger partial charge in [-0.05, 0) is 43.7 Å². The van der Waals surface area contributed by atoms with Crippen molar-refractivity contribution < 1.29 is 9.90 Å². The van der Waals surface area contributed by atoms with Crippen LogP contribution in [0.1, 0.15) is 32.7 Å². The molecule has 0 saturated heterocycles. The van der Waals surface area contributed by atoms with E-state index in [2.05, 4.69) is 39.9 Å². The highest BCUT2D eigenvalue weighted by Crippen LogP contribution is 2.19. The lowest BCUT2D eigenvalue weighted by Gasteiger charge is -2.04. The maximum atomic E-state index is 10.9. The second-order valence-electron chi connectivity index (χ2n) is 6.19. The van der Waals surface area contributed by atoms with E-state index < -0.39 is 5.97 Å². The Morgan fingerprint density at radius 2 is 1.85 bits per heavy atom. The quantitative estimate of drug-likeness (QED) is 0.490. The summed E-state index contributed by atoms with van der Waals surface area (Å²) < 4.78 is 1.74. The lowest BCUT2D eigenvalue weighted by Crippen LogP contribution is -2.02. The number of hydrogen-bond acceptors (Lipinski definition) is 4. The molecule has 0 bridgehead atoms. The summed E-state index contributed by atoms with van der Waals surface area (Å²) in [4.78, 5) is 10.9. The molecular weight excluding hydrogens is 364 g/mol. The fraction of sp³-hybridized carbons (Fsp3) is 0.150. The van der Waals surface area contributed by atoms with Crippen LogP contribution in [0.4, 0.5) is 5.69 Å². The summed E-state index contributed by atoms with van der Waals surface area (Å²) in [6, 6.07) is 14.5. The maximum absolute atomic E-state index is 10.9. The number of carbonyl (C=O) groups is 1. The van der Waals surface area contributed by atoms with Gasteiger partial charge in [-0.15, -0.1) is 0 Å². The number of halogens is 1. The first-order valence-corrected chi connectivity index (χ1v) is 8.72. The number of carboxylic acids is 1. The van der Waals surface area contributed by atoms with Gasteiger partial charge in [0.25, 0.3) is 0 Å². The molecule has 0 amide bonds. The van der Waals surface area contributed by atoms with Crippen molar-refractivity contribution in [2.24, 2.45) is 5.10 Å². The number of hydrogen-bond donors (Lipinski definition) is 2. The second-order valence-corrected chi connectivity index (χ2v) is 6.54. The Labute approximate surface area is 162 Å². The first-order chi connectivity index (χ1) is 12.9. The highest BCUT2D eigenvalue weighted by atomic mass is 35.5. The number of benzene rings is 2. The van der Waals surface area contributed by atoms with Gasteiger partial charge in [-0.3, -0.25) is 5.43 Å². The van der Waals surface area contributed by atoms with Crippen LogP contribution in [-0.2, 0) is 6.54 Å². The summed E-state index contributed by atoms with van der Waals surface area (Å²) in [5.74, 6) is -0.964. The number of aryl methyl sites for hydroxylation is 2. The van der Waals surface area contributed by atoms with Crippen LogP contribution in [0, 0.1) is 13.8 Å². The Morgan fingerprint density at radius 1 is 1.19 bits per heavy atom. The topological polar surface area (TPSA) is 79.5 Å². The summed E-state index contributed by atoms with van der Waals surface area (Å²) in [7, 11) is 0. The molecule has 27 heavy (non-hydrogen) atoms. The normalized spacial score (nSPS) is 11.1. The minimum absolute atomic E-state index is 0.223. The van der Waals surface area contributed by atoms with Gasteiger partial charge in [-0.25, -0.2) is 9.48 Å². The monoisotopic (exact) mass is 382 g/mol. The molecule has 0 aliphatic rings. The van der Waals surface area contributed by atoms with Gasteiger partial charge in [0.15, 0.2) is 0 Å². The Balaban J connectivity index is 1.71. The molecule has 0 saturated carbocycles. The molecular formula is C20H19ClN4O2. The van der Waals surface area contributed by atoms with Crippen molar-refractivity contribution in [1.29, 1.82) is 0 Å². The number of aromatic nitrogens is 2. The van der Waals surface area contributed by atoms with Gasteiger partial charge in [-0.1, -0.05) is 41.4 Å². The Kier molecular flexibility index (Phi) is 5.57. The van der Waals surface area contributed by atoms with Gasteiger partial charge in [0.05, 0.1) is 35.3 Å². The molecule has 7 heteroatoms. The van der Waals surface area contributed by atoms with Crippen LogP contribution >= 0.6 is 11.6 Å². The average molecular weight is 383 g/mol. The van der Waals surface area contributed by atoms with Crippen molar-refractivity contribution in [2.75, 3.05) is 5.43 Å². The zero-order valence-corrected chi connectivity index (χ0v) is 15.7. The zero-order chi connectivity index (χ0) is 19.4. The van der Waals surface area contributed by atoms with E-state index in [9.17, 15) is 4.79 Å². The average Bonchev–Trinajstić information content (AvgIpc) is 2.91. The molecule has 3 aromatic rings. The minimum Gasteiger partial charge on any atom is -0.478 e. The standard InChI is InChI=1S/C20H19ClN4O2/c1-13-3-5-15(6-4-13)12-25-19(21)18(14(2)24-25)11-22-23-17-9-7-16(8-10-17)20(26)27/h3-11,23H,12H2,1-2H3,(H,26,27)/b22-11-. The summed E-state index contributed by atoms with van der Waals surface area (Å²) in [5.41, 5.74) is 7.59. The van der Waals surface area contributed by atoms with E-state index in [1.807, 2.05) is 13.8 Å². The number of carboxylic acid groups (broad SMARTS) is 1. The van der Waals surface area contributed by atoms with Crippen molar-refractivity contribution >= 4 is 29.5 Å². The number of aromatic carboxylic acids is 1. The summed E-state index contributed by atoms with van der Waals surface area (Å²) in [6.45, 7) is 4.50. The van der Waals surface area contributed by atoms with E-state index in [0.29, 0.717) is 17.4 Å². The van der Waals surface area contributed by atoms with Crippen LogP contribution in [-0.4, -0.2) is 27.1 Å². The van der Waals surface area contributed by atoms with E-state index in [1.54, 1.807) is 23.0 Å². The second kappa shape index (κ2) is 8.05. The van der Waals surface area contributed by atoms with Crippen LogP contribution < -0.4 is 5.43 Å². The number of nitrogens with one attached hydrogen (secondary N) is 1. The molecule has 0 radical (unpaired) electrons. The lowest BCUT2D eigenvalue weighted by molar-refractivity contribution is 0.0697. The van der Waals surface area contributed by atoms with Crippen molar-refractivity contribution in [3.05, 3.63) is 81.6 Å². The predicted molar refractivity (Wildman–Crippen MR) is 107 cm³/mol. The molecule has 1 aromatic heterocycles. The first-order valence-electron chi connectivity index (χ1n) is 8.35. The highest BCUT2D eigenvalue weighted by Gasteiger charge is 2.12. The largest absolute Gasteiger partial charge is 0.478 e. The zero-order valence-electron chi connectivity index (χ0n) is 15.0. The summed E-state index contributed by atoms with van der Waals surface area (Å²) in [5, 5.41) is 18.1. The molecule has 0 fully saturated rings. The van der Waals surface area contributed by atoms with Gasteiger partial charge in [0.1, 0.15) is 5.15 Å². The molecule has 138 valence electrons. The lowest BCUT2D eigenvalue weighted by atomic mass is 10.1. The third kappa shape index (κ3) is 4.54. The van der Waals surface area contributed by atoms with Gasteiger partial charge >= 0.3 is 5.97 Å². The van der Waals surface area contributed by atoms with E-state index >= 15 is 0 Å². The summed E-state index contributed by atoms with van der Waals surface area (Å²) in [6.07, 6.45) is 1.61. The van der Waals surface area contributed by atoms with Crippen LogP contribution in [0.15, 0.2) is 53.6 Å². The fourth-order valence-electron chi connectivity index (χ4n) is 2.54. The Hall–Kier alpha value is -3.12. The van der Waals surface area contributed by atoms with Crippen molar-refractivity contribution in [3.63, 3.8) is 0 Å².